The number of nitrogens with two attached hydrogens (primary N) is 1. The van der Waals surface area contributed by atoms with Gasteiger partial charge in [0.05, 0.1) is 5.92 Å². The van der Waals surface area contributed by atoms with Crippen molar-refractivity contribution in [3.05, 3.63) is 36.2 Å². The predicted molar refractivity (Wildman–Crippen MR) is 137 cm³/mol. The lowest BCUT2D eigenvalue weighted by molar-refractivity contribution is -0.156. The first kappa shape index (κ1) is 25.7. The second-order valence-electron chi connectivity index (χ2n) is 10.4. The highest BCUT2D eigenvalue weighted by molar-refractivity contribution is 6.12. The van der Waals surface area contributed by atoms with Crippen LogP contribution in [0.1, 0.15) is 51.5 Å². The van der Waals surface area contributed by atoms with Crippen molar-refractivity contribution in [2.24, 2.45) is 24.8 Å². The molecule has 2 fully saturated rings. The van der Waals surface area contributed by atoms with Crippen molar-refractivity contribution in [2.45, 2.75) is 64.5 Å². The van der Waals surface area contributed by atoms with Crippen LogP contribution in [-0.4, -0.2) is 56.6 Å². The number of hydrogen-bond donors (Lipinski definition) is 2. The molecule has 2 aromatic heterocycles. The molecule has 36 heavy (non-hydrogen) atoms. The number of hydrogen-bond acceptors (Lipinski definition) is 6. The van der Waals surface area contributed by atoms with E-state index in [0.29, 0.717) is 17.6 Å². The number of rotatable bonds is 7. The maximum absolute atomic E-state index is 13.7. The van der Waals surface area contributed by atoms with E-state index in [0.717, 1.165) is 36.1 Å². The molecular formula is C26H37N7O3. The lowest BCUT2D eigenvalue weighted by atomic mass is 9.79. The SMILES string of the molecule is CC(C)[C@@H](NC(=O)N1C(=O)[C@H](Cc2ccnc(N)c2)[C@H]1C(=O)N(C)c1ccn(C)n1)C1CCCCC1. The van der Waals surface area contributed by atoms with Crippen molar-refractivity contribution in [3.8, 4) is 0 Å². The molecular weight excluding hydrogens is 458 g/mol. The van der Waals surface area contributed by atoms with Gasteiger partial charge in [-0.3, -0.25) is 24.1 Å². The molecule has 1 saturated heterocycles. The topological polar surface area (TPSA) is 126 Å². The van der Waals surface area contributed by atoms with Crippen LogP contribution in [0.4, 0.5) is 16.4 Å². The molecule has 3 heterocycles. The molecule has 1 aliphatic carbocycles. The molecule has 2 aliphatic rings. The summed E-state index contributed by atoms with van der Waals surface area (Å²) in [5, 5.41) is 7.43. The molecule has 4 amide bonds. The maximum atomic E-state index is 13.7. The van der Waals surface area contributed by atoms with Gasteiger partial charge in [-0.15, -0.1) is 0 Å². The monoisotopic (exact) mass is 495 g/mol. The fraction of sp³-hybridized carbons (Fsp3) is 0.577. The summed E-state index contributed by atoms with van der Waals surface area (Å²) >= 11 is 0. The van der Waals surface area contributed by atoms with Crippen molar-refractivity contribution in [3.63, 3.8) is 0 Å². The fourth-order valence-electron chi connectivity index (χ4n) is 5.56. The number of aromatic nitrogens is 3. The van der Waals surface area contributed by atoms with Gasteiger partial charge in [0.2, 0.25) is 5.91 Å². The van der Waals surface area contributed by atoms with Crippen LogP contribution in [0.15, 0.2) is 30.6 Å². The zero-order chi connectivity index (χ0) is 26.0. The van der Waals surface area contributed by atoms with Crippen LogP contribution >= 0.6 is 0 Å². The first-order valence-corrected chi connectivity index (χ1v) is 12.8. The molecule has 4 rings (SSSR count). The summed E-state index contributed by atoms with van der Waals surface area (Å²) in [6.45, 7) is 4.18. The molecule has 10 nitrogen and oxygen atoms in total. The lowest BCUT2D eigenvalue weighted by Crippen LogP contribution is -2.71. The van der Waals surface area contributed by atoms with Gasteiger partial charge in [-0.1, -0.05) is 33.1 Å². The number of β-lactam (4-membered cyclic amide) rings is 1. The molecule has 3 N–H and O–H groups in total. The number of urea groups is 1. The van der Waals surface area contributed by atoms with Gasteiger partial charge in [-0.05, 0) is 48.8 Å². The standard InChI is InChI=1S/C26H37N7O3/c1-16(2)22(18-8-6-5-7-9-18)29-26(36)33-23(25(35)32(4)21-11-13-31(3)30-21)19(24(33)34)14-17-10-12-28-20(27)15-17/h10-13,15-16,18-19,22-23H,5-9,14H2,1-4H3,(H2,27,28)(H,29,36)/t19-,22-,23+/m1/s1. The lowest BCUT2D eigenvalue weighted by Gasteiger charge is -2.46. The first-order chi connectivity index (χ1) is 17.2. The molecule has 0 bridgehead atoms. The Bertz CT molecular complexity index is 1110. The van der Waals surface area contributed by atoms with Crippen molar-refractivity contribution < 1.29 is 14.4 Å². The Balaban J connectivity index is 1.57. The predicted octanol–water partition coefficient (Wildman–Crippen LogP) is 2.74. The van der Waals surface area contributed by atoms with E-state index >= 15 is 0 Å². The Hall–Kier alpha value is -3.43. The molecule has 1 aliphatic heterocycles. The minimum absolute atomic E-state index is 0.0473. The largest absolute Gasteiger partial charge is 0.384 e. The van der Waals surface area contributed by atoms with E-state index in [1.54, 1.807) is 49.4 Å². The number of anilines is 2. The highest BCUT2D eigenvalue weighted by Gasteiger charge is 2.55. The second kappa shape index (κ2) is 10.7. The minimum Gasteiger partial charge on any atom is -0.384 e. The number of carbonyl (C=O) groups is 3. The molecule has 3 atom stereocenters. The van der Waals surface area contributed by atoms with Crippen LogP contribution in [0.5, 0.6) is 0 Å². The third kappa shape index (κ3) is 5.22. The number of pyridine rings is 1. The molecule has 0 aromatic carbocycles. The fourth-order valence-corrected chi connectivity index (χ4v) is 5.56. The van der Waals surface area contributed by atoms with Gasteiger partial charge in [0.25, 0.3) is 5.91 Å². The van der Waals surface area contributed by atoms with Crippen LogP contribution in [0.25, 0.3) is 0 Å². The van der Waals surface area contributed by atoms with Gasteiger partial charge in [0.1, 0.15) is 11.9 Å². The van der Waals surface area contributed by atoms with E-state index in [-0.39, 0.29) is 30.2 Å². The molecule has 0 spiro atoms. The van der Waals surface area contributed by atoms with Crippen molar-refractivity contribution in [1.82, 2.24) is 25.0 Å². The number of carbonyl (C=O) groups excluding carboxylic acids is 3. The number of likely N-dealkylation sites (tertiary alicyclic amines) is 1. The maximum Gasteiger partial charge on any atom is 0.325 e. The summed E-state index contributed by atoms with van der Waals surface area (Å²) in [6.07, 6.45) is 9.26. The summed E-state index contributed by atoms with van der Waals surface area (Å²) in [4.78, 5) is 47.0. The Kier molecular flexibility index (Phi) is 7.61. The van der Waals surface area contributed by atoms with Gasteiger partial charge < -0.3 is 11.1 Å². The smallest absolute Gasteiger partial charge is 0.325 e. The summed E-state index contributed by atoms with van der Waals surface area (Å²) in [5.41, 5.74) is 6.62. The van der Waals surface area contributed by atoms with Gasteiger partial charge >= 0.3 is 6.03 Å². The summed E-state index contributed by atoms with van der Waals surface area (Å²) < 4.78 is 1.60. The Morgan fingerprint density at radius 1 is 1.22 bits per heavy atom. The summed E-state index contributed by atoms with van der Waals surface area (Å²) in [5.74, 6) is -0.000185. The van der Waals surface area contributed by atoms with E-state index in [2.05, 4.69) is 29.2 Å². The molecule has 10 heteroatoms. The number of nitrogen functional groups attached to an aromatic ring is 1. The minimum atomic E-state index is -0.932. The van der Waals surface area contributed by atoms with E-state index in [1.165, 1.54) is 11.3 Å². The Morgan fingerprint density at radius 3 is 2.56 bits per heavy atom. The third-order valence-electron chi connectivity index (χ3n) is 7.53. The molecule has 0 unspecified atom stereocenters. The molecule has 0 radical (unpaired) electrons. The number of aryl methyl sites for hydroxylation is 1. The quantitative estimate of drug-likeness (QED) is 0.569. The zero-order valence-corrected chi connectivity index (χ0v) is 21.6. The average molecular weight is 496 g/mol. The average Bonchev–Trinajstić information content (AvgIpc) is 3.29. The highest BCUT2D eigenvalue weighted by Crippen LogP contribution is 2.34. The van der Waals surface area contributed by atoms with Crippen molar-refractivity contribution in [2.75, 3.05) is 17.7 Å². The van der Waals surface area contributed by atoms with E-state index in [9.17, 15) is 14.4 Å². The second-order valence-corrected chi connectivity index (χ2v) is 10.4. The molecule has 2 aromatic rings. The molecule has 1 saturated carbocycles. The Labute approximate surface area is 212 Å². The van der Waals surface area contributed by atoms with Gasteiger partial charge in [0, 0.05) is 38.6 Å². The van der Waals surface area contributed by atoms with E-state index in [1.807, 2.05) is 0 Å². The number of nitrogens with zero attached hydrogens (tertiary/aromatic N) is 5. The third-order valence-corrected chi connectivity index (χ3v) is 7.53. The molecule has 194 valence electrons. The van der Waals surface area contributed by atoms with Gasteiger partial charge in [-0.25, -0.2) is 9.78 Å². The van der Waals surface area contributed by atoms with Crippen LogP contribution < -0.4 is 16.0 Å². The van der Waals surface area contributed by atoms with Gasteiger partial charge in [-0.2, -0.15) is 5.10 Å². The number of likely N-dealkylation sites (N-methyl/N-ethyl adjacent to an activating group) is 1. The van der Waals surface area contributed by atoms with E-state index < -0.39 is 18.0 Å². The number of nitrogens with one attached hydrogen (secondary N) is 1. The van der Waals surface area contributed by atoms with Crippen LogP contribution in [0.2, 0.25) is 0 Å². The van der Waals surface area contributed by atoms with Gasteiger partial charge in [0.15, 0.2) is 5.82 Å². The van der Waals surface area contributed by atoms with Crippen molar-refractivity contribution >= 4 is 29.5 Å². The zero-order valence-electron chi connectivity index (χ0n) is 21.6. The summed E-state index contributed by atoms with van der Waals surface area (Å²) in [7, 11) is 3.38. The van der Waals surface area contributed by atoms with Crippen LogP contribution in [0.3, 0.4) is 0 Å². The number of amides is 4. The van der Waals surface area contributed by atoms with Crippen molar-refractivity contribution in [1.29, 1.82) is 0 Å². The first-order valence-electron chi connectivity index (χ1n) is 12.8. The Morgan fingerprint density at radius 2 is 1.94 bits per heavy atom. The highest BCUT2D eigenvalue weighted by atomic mass is 16.2. The van der Waals surface area contributed by atoms with E-state index in [4.69, 9.17) is 5.73 Å². The summed E-state index contributed by atoms with van der Waals surface area (Å²) in [6, 6.07) is 3.71. The normalized spacial score (nSPS) is 21.2. The van der Waals surface area contributed by atoms with Crippen LogP contribution in [-0.2, 0) is 23.1 Å². The number of imide groups is 1. The van der Waals surface area contributed by atoms with Crippen LogP contribution in [0, 0.1) is 17.8 Å².